The highest BCUT2D eigenvalue weighted by Crippen LogP contribution is 2.40. The van der Waals surface area contributed by atoms with Crippen molar-refractivity contribution >= 4 is 35.0 Å². The van der Waals surface area contributed by atoms with E-state index in [-0.39, 0.29) is 23.4 Å². The highest BCUT2D eigenvalue weighted by Gasteiger charge is 2.55. The van der Waals surface area contributed by atoms with Crippen LogP contribution in [0.5, 0.6) is 5.75 Å². The molecule has 5 nitrogen and oxygen atoms in total. The largest absolute Gasteiger partial charge is 0.492 e. The maximum absolute atomic E-state index is 15.0. The number of amides is 2. The van der Waals surface area contributed by atoms with Crippen LogP contribution in [-0.4, -0.2) is 30.1 Å². The molecule has 0 radical (unpaired) electrons. The van der Waals surface area contributed by atoms with Crippen molar-refractivity contribution in [1.29, 1.82) is 0 Å². The Labute approximate surface area is 197 Å². The Morgan fingerprint density at radius 3 is 2.39 bits per heavy atom. The van der Waals surface area contributed by atoms with Gasteiger partial charge in [0, 0.05) is 16.1 Å². The smallest absolute Gasteiger partial charge is 0.471 e. The van der Waals surface area contributed by atoms with Crippen LogP contribution in [0, 0.1) is 5.82 Å². The van der Waals surface area contributed by atoms with Gasteiger partial charge in [0.2, 0.25) is 5.91 Å². The Bertz CT molecular complexity index is 1090. The molecule has 33 heavy (non-hydrogen) atoms. The zero-order valence-corrected chi connectivity index (χ0v) is 19.1. The summed E-state index contributed by atoms with van der Waals surface area (Å²) < 4.78 is 58.1. The van der Waals surface area contributed by atoms with Crippen LogP contribution in [0.15, 0.2) is 30.3 Å². The third-order valence-corrected chi connectivity index (χ3v) is 5.72. The molecule has 1 aliphatic rings. The average Bonchev–Trinajstić information content (AvgIpc) is 3.49. The number of nitrogens with one attached hydrogen (secondary N) is 2. The molecule has 2 aromatic rings. The second-order valence-corrected chi connectivity index (χ2v) is 8.51. The minimum atomic E-state index is -5.10. The summed E-state index contributed by atoms with van der Waals surface area (Å²) in [5.41, 5.74) is -0.626. The van der Waals surface area contributed by atoms with Gasteiger partial charge in [-0.1, -0.05) is 35.3 Å². The van der Waals surface area contributed by atoms with Crippen molar-refractivity contribution < 1.29 is 31.9 Å². The van der Waals surface area contributed by atoms with Crippen LogP contribution in [-0.2, 0) is 9.59 Å². The van der Waals surface area contributed by atoms with Crippen molar-refractivity contribution in [2.45, 2.75) is 44.4 Å². The molecule has 3 rings (SSSR count). The fraction of sp³-hybridized carbons (Fsp3) is 0.364. The van der Waals surface area contributed by atoms with Gasteiger partial charge in [-0.15, -0.1) is 0 Å². The molecule has 0 saturated heterocycles. The van der Waals surface area contributed by atoms with Crippen molar-refractivity contribution in [2.75, 3.05) is 6.61 Å². The predicted octanol–water partition coefficient (Wildman–Crippen LogP) is 5.59. The summed E-state index contributed by atoms with van der Waals surface area (Å²) in [5, 5.41) is 4.80. The standard InChI is InChI=1S/C22H20Cl2F4N2O3/c1-3-33-18-15(9-13(23)10-16(18)24)12-4-5-14(17(25)8-12)11(2)29-19(31)21(6-7-21)30-20(32)22(26,27)28/h4-5,8-11H,3,6-7H2,1-2H3,(H,29,31)(H,30,32)/t11-/m1/s1. The lowest BCUT2D eigenvalue weighted by Gasteiger charge is -2.22. The summed E-state index contributed by atoms with van der Waals surface area (Å²) in [6.45, 7) is 3.58. The number of halogens is 6. The molecule has 2 N–H and O–H groups in total. The van der Waals surface area contributed by atoms with Gasteiger partial charge in [-0.05, 0) is 50.5 Å². The van der Waals surface area contributed by atoms with Crippen LogP contribution in [0.4, 0.5) is 17.6 Å². The summed E-state index contributed by atoms with van der Waals surface area (Å²) >= 11 is 12.3. The summed E-state index contributed by atoms with van der Waals surface area (Å²) in [7, 11) is 0. The monoisotopic (exact) mass is 506 g/mol. The second kappa shape index (κ2) is 9.38. The zero-order chi connectivity index (χ0) is 24.6. The van der Waals surface area contributed by atoms with Crippen molar-refractivity contribution in [3.05, 3.63) is 51.8 Å². The van der Waals surface area contributed by atoms with E-state index < -0.39 is 35.4 Å². The molecular formula is C22H20Cl2F4N2O3. The molecule has 0 heterocycles. The van der Waals surface area contributed by atoms with Gasteiger partial charge >= 0.3 is 12.1 Å². The Hall–Kier alpha value is -2.52. The number of alkyl halides is 3. The van der Waals surface area contributed by atoms with E-state index in [1.54, 1.807) is 24.4 Å². The van der Waals surface area contributed by atoms with Gasteiger partial charge < -0.3 is 15.4 Å². The Morgan fingerprint density at radius 2 is 1.85 bits per heavy atom. The van der Waals surface area contributed by atoms with Crippen molar-refractivity contribution in [1.82, 2.24) is 10.6 Å². The predicted molar refractivity (Wildman–Crippen MR) is 116 cm³/mol. The van der Waals surface area contributed by atoms with Crippen LogP contribution in [0.3, 0.4) is 0 Å². The van der Waals surface area contributed by atoms with Crippen LogP contribution in [0.25, 0.3) is 11.1 Å². The Kier molecular flexibility index (Phi) is 7.14. The lowest BCUT2D eigenvalue weighted by molar-refractivity contribution is -0.175. The first-order chi connectivity index (χ1) is 15.4. The number of hydrogen-bond donors (Lipinski definition) is 2. The van der Waals surface area contributed by atoms with E-state index in [1.165, 1.54) is 25.1 Å². The molecule has 0 bridgehead atoms. The van der Waals surface area contributed by atoms with Crippen LogP contribution in [0.1, 0.15) is 38.3 Å². The Morgan fingerprint density at radius 1 is 1.18 bits per heavy atom. The van der Waals surface area contributed by atoms with E-state index >= 15 is 0 Å². The molecule has 0 aliphatic heterocycles. The fourth-order valence-corrected chi connectivity index (χ4v) is 3.89. The molecule has 1 fully saturated rings. The van der Waals surface area contributed by atoms with Gasteiger partial charge in [-0.3, -0.25) is 9.59 Å². The van der Waals surface area contributed by atoms with Crippen LogP contribution >= 0.6 is 23.2 Å². The SMILES string of the molecule is CCOc1c(Cl)cc(Cl)cc1-c1ccc([C@@H](C)NC(=O)C2(NC(=O)C(F)(F)F)CC2)c(F)c1. The number of hydrogen-bond acceptors (Lipinski definition) is 3. The fourth-order valence-electron chi connectivity index (χ4n) is 3.35. The molecule has 0 aromatic heterocycles. The molecule has 1 aliphatic carbocycles. The minimum absolute atomic E-state index is 0.0600. The van der Waals surface area contributed by atoms with E-state index in [0.717, 1.165) is 0 Å². The number of carbonyl (C=O) groups is 2. The van der Waals surface area contributed by atoms with E-state index in [0.29, 0.717) is 28.5 Å². The van der Waals surface area contributed by atoms with Gasteiger partial charge in [0.25, 0.3) is 0 Å². The van der Waals surface area contributed by atoms with E-state index in [1.807, 2.05) is 0 Å². The summed E-state index contributed by atoms with van der Waals surface area (Å²) in [5.74, 6) is -3.32. The van der Waals surface area contributed by atoms with Gasteiger partial charge in [0.15, 0.2) is 0 Å². The van der Waals surface area contributed by atoms with Gasteiger partial charge in [0.05, 0.1) is 17.7 Å². The maximum atomic E-state index is 15.0. The molecule has 11 heteroatoms. The van der Waals surface area contributed by atoms with Gasteiger partial charge in [0.1, 0.15) is 17.1 Å². The summed E-state index contributed by atoms with van der Waals surface area (Å²) in [4.78, 5) is 23.7. The van der Waals surface area contributed by atoms with E-state index in [4.69, 9.17) is 27.9 Å². The average molecular weight is 507 g/mol. The highest BCUT2D eigenvalue weighted by atomic mass is 35.5. The molecule has 2 aromatic carbocycles. The highest BCUT2D eigenvalue weighted by molar-refractivity contribution is 6.36. The van der Waals surface area contributed by atoms with Crippen molar-refractivity contribution in [3.8, 4) is 16.9 Å². The first-order valence-electron chi connectivity index (χ1n) is 10.00. The Balaban J connectivity index is 1.80. The number of carbonyl (C=O) groups excluding carboxylic acids is 2. The second-order valence-electron chi connectivity index (χ2n) is 7.66. The van der Waals surface area contributed by atoms with Crippen molar-refractivity contribution in [2.24, 2.45) is 0 Å². The molecule has 1 saturated carbocycles. The molecule has 0 unspecified atom stereocenters. The quantitative estimate of drug-likeness (QED) is 0.481. The van der Waals surface area contributed by atoms with Crippen LogP contribution < -0.4 is 15.4 Å². The third kappa shape index (κ3) is 5.52. The van der Waals surface area contributed by atoms with E-state index in [9.17, 15) is 27.2 Å². The number of rotatable bonds is 7. The third-order valence-electron chi connectivity index (χ3n) is 5.22. The lowest BCUT2D eigenvalue weighted by Crippen LogP contribution is -2.53. The lowest BCUT2D eigenvalue weighted by atomic mass is 9.99. The summed E-state index contributed by atoms with van der Waals surface area (Å²) in [6.07, 6.45) is -4.98. The van der Waals surface area contributed by atoms with Crippen LogP contribution in [0.2, 0.25) is 10.0 Å². The molecule has 2 amide bonds. The van der Waals surface area contributed by atoms with Gasteiger partial charge in [-0.2, -0.15) is 13.2 Å². The normalized spacial score (nSPS) is 15.5. The molecule has 0 spiro atoms. The maximum Gasteiger partial charge on any atom is 0.471 e. The number of ether oxygens (including phenoxy) is 1. The molecular weight excluding hydrogens is 487 g/mol. The first kappa shape index (κ1) is 25.1. The van der Waals surface area contributed by atoms with E-state index in [2.05, 4.69) is 5.32 Å². The number of benzene rings is 2. The topological polar surface area (TPSA) is 67.4 Å². The van der Waals surface area contributed by atoms with Gasteiger partial charge in [-0.25, -0.2) is 4.39 Å². The minimum Gasteiger partial charge on any atom is -0.492 e. The first-order valence-corrected chi connectivity index (χ1v) is 10.8. The zero-order valence-electron chi connectivity index (χ0n) is 17.6. The molecule has 178 valence electrons. The summed E-state index contributed by atoms with van der Waals surface area (Å²) in [6, 6.07) is 6.46. The molecule has 1 atom stereocenters. The van der Waals surface area contributed by atoms with Crippen molar-refractivity contribution in [3.63, 3.8) is 0 Å².